The first-order valence-electron chi connectivity index (χ1n) is 9.43. The lowest BCUT2D eigenvalue weighted by Gasteiger charge is -2.44. The van der Waals surface area contributed by atoms with Crippen LogP contribution in [0.25, 0.3) is 5.57 Å². The molecular weight excluding hydrogens is 388 g/mol. The van der Waals surface area contributed by atoms with Gasteiger partial charge in [-0.25, -0.2) is 9.59 Å². The Bertz CT molecular complexity index is 1050. The topological polar surface area (TPSA) is 132 Å². The zero-order valence-electron chi connectivity index (χ0n) is 16.1. The van der Waals surface area contributed by atoms with Gasteiger partial charge in [-0.1, -0.05) is 12.1 Å². The standard InChI is InChI=1S/C21H20N4O5/c1-11(26)17-16-9-15(18(20(28)29)25(16)19(17)27)12-4-2-5-13(8-12)23-21(30)24-14-6-3-7-22-10-14/h2-8,10-11,16-17,26H,9H2,1H3,(H,28,29)(H2,23,24,30)/t11-,16-,17-/m1/s1. The van der Waals surface area contributed by atoms with Gasteiger partial charge in [0.15, 0.2) is 0 Å². The highest BCUT2D eigenvalue weighted by molar-refractivity contribution is 6.06. The molecule has 3 amide bonds. The molecule has 154 valence electrons. The molecule has 1 aromatic heterocycles. The fourth-order valence-electron chi connectivity index (χ4n) is 4.04. The Morgan fingerprint density at radius 1 is 1.20 bits per heavy atom. The van der Waals surface area contributed by atoms with E-state index in [1.807, 2.05) is 0 Å². The number of nitrogens with one attached hydrogen (secondary N) is 2. The minimum absolute atomic E-state index is 0.0705. The molecule has 3 heterocycles. The van der Waals surface area contributed by atoms with Crippen molar-refractivity contribution in [2.75, 3.05) is 10.6 Å². The summed E-state index contributed by atoms with van der Waals surface area (Å²) in [6, 6.07) is 9.33. The first-order chi connectivity index (χ1) is 14.4. The van der Waals surface area contributed by atoms with Gasteiger partial charge in [0.05, 0.1) is 29.9 Å². The Morgan fingerprint density at radius 3 is 2.60 bits per heavy atom. The number of aliphatic hydroxyl groups excluding tert-OH is 1. The normalized spacial score (nSPS) is 21.0. The van der Waals surface area contributed by atoms with Crippen LogP contribution >= 0.6 is 0 Å². The second kappa shape index (κ2) is 7.60. The Hall–Kier alpha value is -3.72. The molecule has 2 aromatic rings. The Labute approximate surface area is 172 Å². The number of carboxylic acids is 1. The number of rotatable bonds is 5. The van der Waals surface area contributed by atoms with Crippen molar-refractivity contribution in [2.24, 2.45) is 5.92 Å². The fourth-order valence-corrected chi connectivity index (χ4v) is 4.04. The second-order valence-electron chi connectivity index (χ2n) is 7.28. The lowest BCUT2D eigenvalue weighted by atomic mass is 9.82. The number of urea groups is 1. The number of carbonyl (C=O) groups is 3. The van der Waals surface area contributed by atoms with Gasteiger partial charge in [-0.15, -0.1) is 0 Å². The van der Waals surface area contributed by atoms with Crippen LogP contribution in [0.3, 0.4) is 0 Å². The molecule has 1 fully saturated rings. The van der Waals surface area contributed by atoms with E-state index in [-0.39, 0.29) is 17.6 Å². The molecule has 2 aliphatic rings. The van der Waals surface area contributed by atoms with Gasteiger partial charge in [-0.05, 0) is 48.7 Å². The number of carboxylic acid groups (broad SMARTS) is 1. The molecule has 0 bridgehead atoms. The average Bonchev–Trinajstić information content (AvgIpc) is 3.04. The van der Waals surface area contributed by atoms with Crippen molar-refractivity contribution < 1.29 is 24.6 Å². The molecule has 4 rings (SSSR count). The minimum atomic E-state index is -1.20. The van der Waals surface area contributed by atoms with Crippen molar-refractivity contribution in [1.82, 2.24) is 9.88 Å². The number of anilines is 2. The molecule has 9 heteroatoms. The monoisotopic (exact) mass is 408 g/mol. The number of carbonyl (C=O) groups excluding carboxylic acids is 2. The summed E-state index contributed by atoms with van der Waals surface area (Å²) in [4.78, 5) is 41.6. The number of amides is 3. The van der Waals surface area contributed by atoms with Gasteiger partial charge >= 0.3 is 12.0 Å². The molecule has 30 heavy (non-hydrogen) atoms. The van der Waals surface area contributed by atoms with Crippen LogP contribution in [0, 0.1) is 5.92 Å². The molecule has 9 nitrogen and oxygen atoms in total. The van der Waals surface area contributed by atoms with Crippen LogP contribution in [0.15, 0.2) is 54.5 Å². The summed E-state index contributed by atoms with van der Waals surface area (Å²) in [6.07, 6.45) is 2.59. The van der Waals surface area contributed by atoms with Crippen LogP contribution in [-0.4, -0.2) is 50.2 Å². The van der Waals surface area contributed by atoms with E-state index in [1.165, 1.54) is 18.0 Å². The van der Waals surface area contributed by atoms with Crippen molar-refractivity contribution >= 4 is 34.9 Å². The van der Waals surface area contributed by atoms with Crippen molar-refractivity contribution in [2.45, 2.75) is 25.5 Å². The summed E-state index contributed by atoms with van der Waals surface area (Å²) in [5, 5.41) is 24.9. The van der Waals surface area contributed by atoms with Crippen molar-refractivity contribution in [3.8, 4) is 0 Å². The van der Waals surface area contributed by atoms with Gasteiger partial charge in [0.25, 0.3) is 0 Å². The van der Waals surface area contributed by atoms with E-state index < -0.39 is 24.0 Å². The maximum absolute atomic E-state index is 12.4. The van der Waals surface area contributed by atoms with Gasteiger partial charge in [0, 0.05) is 11.9 Å². The van der Waals surface area contributed by atoms with E-state index in [0.29, 0.717) is 28.9 Å². The quantitative estimate of drug-likeness (QED) is 0.561. The van der Waals surface area contributed by atoms with Crippen LogP contribution in [0.2, 0.25) is 0 Å². The van der Waals surface area contributed by atoms with Gasteiger partial charge in [0.1, 0.15) is 5.70 Å². The third-order valence-electron chi connectivity index (χ3n) is 5.32. The highest BCUT2D eigenvalue weighted by Gasteiger charge is 2.56. The number of fused-ring (bicyclic) bond motifs is 1. The predicted octanol–water partition coefficient (Wildman–Crippen LogP) is 2.13. The molecule has 1 aromatic carbocycles. The summed E-state index contributed by atoms with van der Waals surface area (Å²) >= 11 is 0. The largest absolute Gasteiger partial charge is 0.477 e. The van der Waals surface area contributed by atoms with E-state index in [4.69, 9.17) is 0 Å². The molecule has 1 saturated heterocycles. The Morgan fingerprint density at radius 2 is 1.93 bits per heavy atom. The maximum Gasteiger partial charge on any atom is 0.352 e. The smallest absolute Gasteiger partial charge is 0.352 e. The zero-order valence-corrected chi connectivity index (χ0v) is 16.1. The fraction of sp³-hybridized carbons (Fsp3) is 0.238. The third-order valence-corrected chi connectivity index (χ3v) is 5.32. The molecular formula is C21H20N4O5. The predicted molar refractivity (Wildman–Crippen MR) is 108 cm³/mol. The molecule has 0 saturated carbocycles. The summed E-state index contributed by atoms with van der Waals surface area (Å²) in [6.45, 7) is 1.53. The van der Waals surface area contributed by atoms with E-state index in [9.17, 15) is 24.6 Å². The average molecular weight is 408 g/mol. The number of hydrogen-bond acceptors (Lipinski definition) is 5. The molecule has 2 aliphatic heterocycles. The molecule has 0 aliphatic carbocycles. The van der Waals surface area contributed by atoms with E-state index in [0.717, 1.165) is 0 Å². The molecule has 0 radical (unpaired) electrons. The van der Waals surface area contributed by atoms with Crippen molar-refractivity contribution in [1.29, 1.82) is 0 Å². The number of benzene rings is 1. The van der Waals surface area contributed by atoms with E-state index >= 15 is 0 Å². The molecule has 0 spiro atoms. The number of aromatic nitrogens is 1. The highest BCUT2D eigenvalue weighted by atomic mass is 16.4. The second-order valence-corrected chi connectivity index (χ2v) is 7.28. The van der Waals surface area contributed by atoms with Gasteiger partial charge in [-0.3, -0.25) is 9.78 Å². The maximum atomic E-state index is 12.4. The summed E-state index contributed by atoms with van der Waals surface area (Å²) in [5.74, 6) is -2.19. The van der Waals surface area contributed by atoms with Crippen LogP contribution in [-0.2, 0) is 9.59 Å². The minimum Gasteiger partial charge on any atom is -0.477 e. The zero-order chi connectivity index (χ0) is 21.4. The van der Waals surface area contributed by atoms with E-state index in [1.54, 1.807) is 42.6 Å². The van der Waals surface area contributed by atoms with Crippen LogP contribution in [0.1, 0.15) is 18.9 Å². The Kier molecular flexibility index (Phi) is 4.96. The lowest BCUT2D eigenvalue weighted by Crippen LogP contribution is -2.61. The van der Waals surface area contributed by atoms with Crippen molar-refractivity contribution in [3.63, 3.8) is 0 Å². The number of hydrogen-bond donors (Lipinski definition) is 4. The van der Waals surface area contributed by atoms with Gasteiger partial charge < -0.3 is 25.7 Å². The summed E-state index contributed by atoms with van der Waals surface area (Å²) < 4.78 is 0. The third kappa shape index (κ3) is 3.39. The molecule has 0 unspecified atom stereocenters. The number of pyridine rings is 1. The van der Waals surface area contributed by atoms with Crippen LogP contribution in [0.5, 0.6) is 0 Å². The van der Waals surface area contributed by atoms with E-state index in [2.05, 4.69) is 15.6 Å². The number of aliphatic hydroxyl groups is 1. The first-order valence-corrected chi connectivity index (χ1v) is 9.43. The van der Waals surface area contributed by atoms with Crippen LogP contribution in [0.4, 0.5) is 16.2 Å². The van der Waals surface area contributed by atoms with Gasteiger partial charge in [0.2, 0.25) is 5.91 Å². The Balaban J connectivity index is 1.57. The molecule has 4 N–H and O–H groups in total. The number of aliphatic carboxylic acids is 1. The first kappa shape index (κ1) is 19.6. The van der Waals surface area contributed by atoms with Crippen LogP contribution < -0.4 is 10.6 Å². The number of nitrogens with zero attached hydrogens (tertiary/aromatic N) is 2. The highest BCUT2D eigenvalue weighted by Crippen LogP contribution is 2.47. The lowest BCUT2D eigenvalue weighted by molar-refractivity contribution is -0.161. The van der Waals surface area contributed by atoms with Gasteiger partial charge in [-0.2, -0.15) is 0 Å². The summed E-state index contributed by atoms with van der Waals surface area (Å²) in [7, 11) is 0. The SMILES string of the molecule is C[C@@H](O)[C@H]1C(=O)N2C(C(=O)O)=C(c3cccc(NC(=O)Nc4cccnc4)c3)C[C@H]12. The molecule has 3 atom stereocenters. The van der Waals surface area contributed by atoms with Crippen molar-refractivity contribution in [3.05, 3.63) is 60.1 Å². The summed E-state index contributed by atoms with van der Waals surface area (Å²) in [5.41, 5.74) is 2.03. The number of β-lactam (4-membered cyclic amide) rings is 1.